The van der Waals surface area contributed by atoms with Crippen molar-refractivity contribution in [3.8, 4) is 0 Å². The minimum absolute atomic E-state index is 0.0574. The highest BCUT2D eigenvalue weighted by Crippen LogP contribution is 2.15. The number of ether oxygens (including phenoxy) is 1. The molecule has 5 nitrogen and oxygen atoms in total. The number of rotatable bonds is 5. The second-order valence-electron chi connectivity index (χ2n) is 4.81. The first-order valence-corrected chi connectivity index (χ1v) is 7.28. The van der Waals surface area contributed by atoms with Gasteiger partial charge in [-0.15, -0.1) is 0 Å². The molecule has 1 aliphatic heterocycles. The average molecular weight is 316 g/mol. The number of morpholine rings is 1. The number of amides is 2. The van der Waals surface area contributed by atoms with Gasteiger partial charge in [0.05, 0.1) is 18.2 Å². The summed E-state index contributed by atoms with van der Waals surface area (Å²) in [5, 5.41) is 5.55. The van der Waals surface area contributed by atoms with Gasteiger partial charge in [0.15, 0.2) is 0 Å². The molecule has 0 atom stereocenters. The normalized spacial score (nSPS) is 15.7. The molecule has 0 aromatic heterocycles. The first kappa shape index (κ1) is 16.0. The molecule has 21 heavy (non-hydrogen) atoms. The Hall–Kier alpha value is -1.37. The zero-order valence-electron chi connectivity index (χ0n) is 11.7. The van der Waals surface area contributed by atoms with Crippen LogP contribution in [0.3, 0.4) is 0 Å². The molecule has 0 bridgehead atoms. The van der Waals surface area contributed by atoms with Crippen LogP contribution in [-0.4, -0.2) is 50.3 Å². The van der Waals surface area contributed by atoms with Crippen molar-refractivity contribution in [3.05, 3.63) is 34.6 Å². The van der Waals surface area contributed by atoms with Gasteiger partial charge in [-0.3, -0.25) is 4.90 Å². The number of halogens is 2. The van der Waals surface area contributed by atoms with Crippen molar-refractivity contribution < 1.29 is 13.9 Å². The summed E-state index contributed by atoms with van der Waals surface area (Å²) in [4.78, 5) is 13.9. The minimum Gasteiger partial charge on any atom is -0.379 e. The molecule has 1 aromatic carbocycles. The van der Waals surface area contributed by atoms with Gasteiger partial charge in [0, 0.05) is 32.7 Å². The summed E-state index contributed by atoms with van der Waals surface area (Å²) in [6, 6.07) is 4.14. The second-order valence-corrected chi connectivity index (χ2v) is 5.22. The van der Waals surface area contributed by atoms with E-state index >= 15 is 0 Å². The average Bonchev–Trinajstić information content (AvgIpc) is 2.49. The zero-order valence-corrected chi connectivity index (χ0v) is 12.5. The maximum atomic E-state index is 13.0. The standard InChI is InChI=1S/C14H19ClFN3O2/c15-12-9-11(1-2-13(12)16)10-18-14(20)17-3-4-19-5-7-21-8-6-19/h1-2,9H,3-8,10H2,(H2,17,18,20). The third-order valence-electron chi connectivity index (χ3n) is 3.25. The third-order valence-corrected chi connectivity index (χ3v) is 3.54. The lowest BCUT2D eigenvalue weighted by Gasteiger charge is -2.26. The van der Waals surface area contributed by atoms with Crippen LogP contribution in [0.1, 0.15) is 5.56 Å². The summed E-state index contributed by atoms with van der Waals surface area (Å²) >= 11 is 5.68. The topological polar surface area (TPSA) is 53.6 Å². The highest BCUT2D eigenvalue weighted by Gasteiger charge is 2.10. The molecule has 2 rings (SSSR count). The number of urea groups is 1. The Balaban J connectivity index is 1.63. The molecule has 2 N–H and O–H groups in total. The van der Waals surface area contributed by atoms with Gasteiger partial charge in [0.25, 0.3) is 0 Å². The molecule has 116 valence electrons. The molecule has 1 saturated heterocycles. The quantitative estimate of drug-likeness (QED) is 0.868. The van der Waals surface area contributed by atoms with Crippen molar-refractivity contribution in [2.24, 2.45) is 0 Å². The minimum atomic E-state index is -0.463. The smallest absolute Gasteiger partial charge is 0.315 e. The zero-order chi connectivity index (χ0) is 15.1. The van der Waals surface area contributed by atoms with Gasteiger partial charge in [0.1, 0.15) is 5.82 Å². The van der Waals surface area contributed by atoms with Crippen LogP contribution in [-0.2, 0) is 11.3 Å². The molecular formula is C14H19ClFN3O2. The molecule has 0 unspecified atom stereocenters. The Morgan fingerprint density at radius 3 is 2.81 bits per heavy atom. The van der Waals surface area contributed by atoms with Crippen LogP contribution >= 0.6 is 11.6 Å². The van der Waals surface area contributed by atoms with Crippen LogP contribution in [0.15, 0.2) is 18.2 Å². The third kappa shape index (κ3) is 5.49. The predicted molar refractivity (Wildman–Crippen MR) is 78.9 cm³/mol. The first-order chi connectivity index (χ1) is 10.1. The van der Waals surface area contributed by atoms with Crippen molar-refractivity contribution in [2.45, 2.75) is 6.54 Å². The number of benzene rings is 1. The Morgan fingerprint density at radius 2 is 2.10 bits per heavy atom. The lowest BCUT2D eigenvalue weighted by molar-refractivity contribution is 0.0387. The van der Waals surface area contributed by atoms with E-state index in [1.165, 1.54) is 12.1 Å². The molecule has 0 spiro atoms. The fourth-order valence-electron chi connectivity index (χ4n) is 2.05. The van der Waals surface area contributed by atoms with Gasteiger partial charge >= 0.3 is 6.03 Å². The van der Waals surface area contributed by atoms with E-state index in [4.69, 9.17) is 16.3 Å². The molecule has 1 heterocycles. The van der Waals surface area contributed by atoms with E-state index in [1.807, 2.05) is 0 Å². The van der Waals surface area contributed by atoms with Gasteiger partial charge in [-0.25, -0.2) is 9.18 Å². The van der Waals surface area contributed by atoms with Crippen LogP contribution < -0.4 is 10.6 Å². The van der Waals surface area contributed by atoms with Gasteiger partial charge in [-0.05, 0) is 17.7 Å². The molecule has 2 amide bonds. The Bertz CT molecular complexity index is 481. The fourth-order valence-corrected chi connectivity index (χ4v) is 2.25. The van der Waals surface area contributed by atoms with Crippen LogP contribution in [0.2, 0.25) is 5.02 Å². The summed E-state index contributed by atoms with van der Waals surface area (Å²) < 4.78 is 18.2. The molecule has 0 saturated carbocycles. The van der Waals surface area contributed by atoms with Gasteiger partial charge < -0.3 is 15.4 Å². The van der Waals surface area contributed by atoms with E-state index in [2.05, 4.69) is 15.5 Å². The van der Waals surface area contributed by atoms with Crippen molar-refractivity contribution in [3.63, 3.8) is 0 Å². The lowest BCUT2D eigenvalue weighted by atomic mass is 10.2. The summed E-state index contributed by atoms with van der Waals surface area (Å²) in [6.45, 7) is 4.99. The number of nitrogens with zero attached hydrogens (tertiary/aromatic N) is 1. The molecule has 7 heteroatoms. The summed E-state index contributed by atoms with van der Waals surface area (Å²) in [5.74, 6) is -0.463. The predicted octanol–water partition coefficient (Wildman–Crippen LogP) is 1.61. The lowest BCUT2D eigenvalue weighted by Crippen LogP contribution is -2.43. The number of hydrogen-bond acceptors (Lipinski definition) is 3. The Labute approximate surface area is 128 Å². The van der Waals surface area contributed by atoms with Crippen LogP contribution in [0, 0.1) is 5.82 Å². The molecule has 1 aliphatic rings. The Morgan fingerprint density at radius 1 is 1.33 bits per heavy atom. The van der Waals surface area contributed by atoms with E-state index in [0.717, 1.165) is 38.4 Å². The van der Waals surface area contributed by atoms with E-state index in [9.17, 15) is 9.18 Å². The molecule has 0 aliphatic carbocycles. The molecule has 0 radical (unpaired) electrons. The van der Waals surface area contributed by atoms with Gasteiger partial charge in [0.2, 0.25) is 0 Å². The maximum absolute atomic E-state index is 13.0. The summed E-state index contributed by atoms with van der Waals surface area (Å²) in [6.07, 6.45) is 0. The fraction of sp³-hybridized carbons (Fsp3) is 0.500. The van der Waals surface area contributed by atoms with E-state index in [0.29, 0.717) is 13.1 Å². The molecule has 1 fully saturated rings. The largest absolute Gasteiger partial charge is 0.379 e. The van der Waals surface area contributed by atoms with Crippen molar-refractivity contribution >= 4 is 17.6 Å². The van der Waals surface area contributed by atoms with Crippen LogP contribution in [0.25, 0.3) is 0 Å². The number of carbonyl (C=O) groups excluding carboxylic acids is 1. The van der Waals surface area contributed by atoms with Crippen molar-refractivity contribution in [1.29, 1.82) is 0 Å². The summed E-state index contributed by atoms with van der Waals surface area (Å²) in [7, 11) is 0. The molecule has 1 aromatic rings. The highest BCUT2D eigenvalue weighted by atomic mass is 35.5. The van der Waals surface area contributed by atoms with Gasteiger partial charge in [-0.2, -0.15) is 0 Å². The van der Waals surface area contributed by atoms with Crippen LogP contribution in [0.5, 0.6) is 0 Å². The van der Waals surface area contributed by atoms with E-state index in [1.54, 1.807) is 6.07 Å². The van der Waals surface area contributed by atoms with Crippen molar-refractivity contribution in [2.75, 3.05) is 39.4 Å². The summed E-state index contributed by atoms with van der Waals surface area (Å²) in [5.41, 5.74) is 0.754. The van der Waals surface area contributed by atoms with Crippen LogP contribution in [0.4, 0.5) is 9.18 Å². The second kappa shape index (κ2) is 8.17. The SMILES string of the molecule is O=C(NCCN1CCOCC1)NCc1ccc(F)c(Cl)c1. The highest BCUT2D eigenvalue weighted by molar-refractivity contribution is 6.30. The number of carbonyl (C=O) groups is 1. The van der Waals surface area contributed by atoms with E-state index in [-0.39, 0.29) is 11.1 Å². The number of nitrogens with one attached hydrogen (secondary N) is 2. The van der Waals surface area contributed by atoms with Gasteiger partial charge in [-0.1, -0.05) is 17.7 Å². The Kier molecular flexibility index (Phi) is 6.22. The molecular weight excluding hydrogens is 297 g/mol. The van der Waals surface area contributed by atoms with Crippen molar-refractivity contribution in [1.82, 2.24) is 15.5 Å². The number of hydrogen-bond donors (Lipinski definition) is 2. The first-order valence-electron chi connectivity index (χ1n) is 6.91. The van der Waals surface area contributed by atoms with E-state index < -0.39 is 5.82 Å². The monoisotopic (exact) mass is 315 g/mol. The maximum Gasteiger partial charge on any atom is 0.315 e.